The summed E-state index contributed by atoms with van der Waals surface area (Å²) >= 11 is 0. The Balaban J connectivity index is 1.56. The number of hydrogen-bond acceptors (Lipinski definition) is 4. The summed E-state index contributed by atoms with van der Waals surface area (Å²) in [6, 6.07) is 12.2. The van der Waals surface area contributed by atoms with E-state index in [1.165, 1.54) is 33.5 Å². The van der Waals surface area contributed by atoms with Crippen molar-refractivity contribution in [2.75, 3.05) is 36.8 Å². The third-order valence-corrected chi connectivity index (χ3v) is 6.23. The first-order valence-electron chi connectivity index (χ1n) is 8.61. The van der Waals surface area contributed by atoms with Gasteiger partial charge in [0, 0.05) is 19.2 Å². The maximum atomic E-state index is 12.9. The lowest BCUT2D eigenvalue weighted by Crippen LogP contribution is -2.31. The first-order chi connectivity index (χ1) is 12.9. The summed E-state index contributed by atoms with van der Waals surface area (Å²) in [5, 5.41) is 0. The summed E-state index contributed by atoms with van der Waals surface area (Å²) in [5.41, 5.74) is 1.05. The molecule has 2 aromatic carbocycles. The Hall–Kier alpha value is -2.61. The van der Waals surface area contributed by atoms with Crippen molar-refractivity contribution < 1.29 is 22.3 Å². The number of hydrogen-bond donors (Lipinski definition) is 0. The summed E-state index contributed by atoms with van der Waals surface area (Å²) in [7, 11) is -1.57. The number of ether oxygens (including phenoxy) is 1. The molecule has 3 rings (SSSR count). The molecule has 1 fully saturated rings. The molecule has 0 bridgehead atoms. The van der Waals surface area contributed by atoms with E-state index in [0.717, 1.165) is 0 Å². The Morgan fingerprint density at radius 1 is 1.15 bits per heavy atom. The van der Waals surface area contributed by atoms with Gasteiger partial charge in [0.15, 0.2) is 0 Å². The molecule has 6 nitrogen and oxygen atoms in total. The molecule has 1 heterocycles. The van der Waals surface area contributed by atoms with Crippen molar-refractivity contribution in [3.05, 3.63) is 59.9 Å². The van der Waals surface area contributed by atoms with E-state index < -0.39 is 10.0 Å². The summed E-state index contributed by atoms with van der Waals surface area (Å²) in [6.07, 6.45) is 0.611. The van der Waals surface area contributed by atoms with Crippen molar-refractivity contribution in [1.29, 1.82) is 0 Å². The molecule has 1 aliphatic heterocycles. The van der Waals surface area contributed by atoms with Crippen LogP contribution in [0.15, 0.2) is 48.5 Å². The normalized spacial score (nSPS) is 15.6. The molecule has 0 aromatic heterocycles. The van der Waals surface area contributed by atoms with Crippen LogP contribution in [0.25, 0.3) is 0 Å². The molecule has 0 spiro atoms. The highest BCUT2D eigenvalue weighted by Crippen LogP contribution is 2.24. The average Bonchev–Trinajstić information content (AvgIpc) is 3.02. The lowest BCUT2D eigenvalue weighted by Gasteiger charge is -2.19. The zero-order valence-electron chi connectivity index (χ0n) is 15.0. The van der Waals surface area contributed by atoms with Crippen LogP contribution in [0.1, 0.15) is 16.8 Å². The third-order valence-electron chi connectivity index (χ3n) is 4.36. The number of amides is 1. The van der Waals surface area contributed by atoms with Gasteiger partial charge in [0.1, 0.15) is 18.2 Å². The summed E-state index contributed by atoms with van der Waals surface area (Å²) in [6.45, 7) is 1.10. The van der Waals surface area contributed by atoms with Crippen LogP contribution < -0.4 is 9.04 Å². The van der Waals surface area contributed by atoms with Crippen molar-refractivity contribution in [2.45, 2.75) is 6.42 Å². The van der Waals surface area contributed by atoms with Gasteiger partial charge < -0.3 is 9.64 Å². The lowest BCUT2D eigenvalue weighted by molar-refractivity contribution is 0.0774. The van der Waals surface area contributed by atoms with Crippen molar-refractivity contribution in [3.8, 4) is 5.75 Å². The quantitative estimate of drug-likeness (QED) is 0.758. The highest BCUT2D eigenvalue weighted by atomic mass is 32.2. The zero-order chi connectivity index (χ0) is 19.4. The van der Waals surface area contributed by atoms with Crippen LogP contribution >= 0.6 is 0 Å². The maximum absolute atomic E-state index is 12.9. The number of halogens is 1. The molecule has 0 unspecified atom stereocenters. The van der Waals surface area contributed by atoms with Crippen LogP contribution in [0.4, 0.5) is 10.1 Å². The van der Waals surface area contributed by atoms with E-state index in [4.69, 9.17) is 4.74 Å². The van der Waals surface area contributed by atoms with Crippen molar-refractivity contribution in [2.24, 2.45) is 0 Å². The molecule has 0 N–H and O–H groups in total. The average molecular weight is 392 g/mol. The van der Waals surface area contributed by atoms with Crippen molar-refractivity contribution in [1.82, 2.24) is 4.90 Å². The van der Waals surface area contributed by atoms with Gasteiger partial charge in [-0.2, -0.15) is 0 Å². The molecule has 27 heavy (non-hydrogen) atoms. The largest absolute Gasteiger partial charge is 0.492 e. The minimum absolute atomic E-state index is 0.157. The lowest BCUT2D eigenvalue weighted by atomic mass is 10.2. The Bertz CT molecular complexity index is 898. The second-order valence-electron chi connectivity index (χ2n) is 6.32. The van der Waals surface area contributed by atoms with Gasteiger partial charge >= 0.3 is 0 Å². The highest BCUT2D eigenvalue weighted by Gasteiger charge is 2.28. The third kappa shape index (κ3) is 4.57. The fourth-order valence-corrected chi connectivity index (χ4v) is 4.42. The van der Waals surface area contributed by atoms with E-state index in [2.05, 4.69) is 0 Å². The van der Waals surface area contributed by atoms with Gasteiger partial charge in [-0.3, -0.25) is 9.10 Å². The second-order valence-corrected chi connectivity index (χ2v) is 8.33. The van der Waals surface area contributed by atoms with E-state index in [1.54, 1.807) is 31.3 Å². The topological polar surface area (TPSA) is 66.9 Å². The van der Waals surface area contributed by atoms with Gasteiger partial charge in [0.25, 0.3) is 5.91 Å². The number of carbonyl (C=O) groups excluding carboxylic acids is 1. The van der Waals surface area contributed by atoms with Crippen LogP contribution in [0.2, 0.25) is 0 Å². The molecule has 1 amide bonds. The molecular formula is C19H21FN2O4S. The Morgan fingerprint density at radius 3 is 2.41 bits per heavy atom. The van der Waals surface area contributed by atoms with Crippen LogP contribution in [0.3, 0.4) is 0 Å². The molecule has 1 aliphatic rings. The van der Waals surface area contributed by atoms with E-state index in [0.29, 0.717) is 36.5 Å². The number of carbonyl (C=O) groups is 1. The van der Waals surface area contributed by atoms with Gasteiger partial charge in [-0.05, 0) is 55.0 Å². The fourth-order valence-electron chi connectivity index (χ4n) is 2.85. The standard InChI is InChI=1S/C19H21FN2O4S/c1-21(12-13-26-18-9-5-16(20)6-10-18)19(23)15-3-7-17(8-4-15)22-11-2-14-27(22,24)25/h3-10H,2,11-14H2,1H3. The minimum atomic E-state index is -3.23. The molecule has 8 heteroatoms. The first kappa shape index (κ1) is 19.2. The van der Waals surface area contributed by atoms with E-state index in [1.807, 2.05) is 0 Å². The monoisotopic (exact) mass is 392 g/mol. The highest BCUT2D eigenvalue weighted by molar-refractivity contribution is 7.93. The van der Waals surface area contributed by atoms with Crippen LogP contribution in [-0.4, -0.2) is 51.7 Å². The van der Waals surface area contributed by atoms with Gasteiger partial charge in [0.2, 0.25) is 10.0 Å². The fraction of sp³-hybridized carbons (Fsp3) is 0.316. The minimum Gasteiger partial charge on any atom is -0.492 e. The van der Waals surface area contributed by atoms with Gasteiger partial charge in [-0.15, -0.1) is 0 Å². The Kier molecular flexibility index (Phi) is 5.65. The van der Waals surface area contributed by atoms with E-state index in [9.17, 15) is 17.6 Å². The number of rotatable bonds is 6. The van der Waals surface area contributed by atoms with Gasteiger partial charge in [-0.1, -0.05) is 0 Å². The van der Waals surface area contributed by atoms with Gasteiger partial charge in [0.05, 0.1) is 18.0 Å². The maximum Gasteiger partial charge on any atom is 0.253 e. The summed E-state index contributed by atoms with van der Waals surface area (Å²) in [5.74, 6) is 0.173. The van der Waals surface area contributed by atoms with Crippen LogP contribution in [-0.2, 0) is 10.0 Å². The predicted octanol–water partition coefficient (Wildman–Crippen LogP) is 2.52. The summed E-state index contributed by atoms with van der Waals surface area (Å²) < 4.78 is 43.6. The number of likely N-dealkylation sites (N-methyl/N-ethyl adjacent to an activating group) is 1. The SMILES string of the molecule is CN(CCOc1ccc(F)cc1)C(=O)c1ccc(N2CCCS2(=O)=O)cc1. The van der Waals surface area contributed by atoms with Crippen molar-refractivity contribution in [3.63, 3.8) is 0 Å². The smallest absolute Gasteiger partial charge is 0.253 e. The molecular weight excluding hydrogens is 371 g/mol. The van der Waals surface area contributed by atoms with Crippen LogP contribution in [0, 0.1) is 5.82 Å². The second kappa shape index (κ2) is 7.96. The number of nitrogens with zero attached hydrogens (tertiary/aromatic N) is 2. The summed E-state index contributed by atoms with van der Waals surface area (Å²) in [4.78, 5) is 14.0. The van der Waals surface area contributed by atoms with E-state index >= 15 is 0 Å². The van der Waals surface area contributed by atoms with Crippen molar-refractivity contribution >= 4 is 21.6 Å². The van der Waals surface area contributed by atoms with E-state index in [-0.39, 0.29) is 24.1 Å². The molecule has 0 saturated carbocycles. The Labute approximate surface area is 158 Å². The number of anilines is 1. The predicted molar refractivity (Wildman–Crippen MR) is 101 cm³/mol. The molecule has 0 atom stereocenters. The van der Waals surface area contributed by atoms with Gasteiger partial charge in [-0.25, -0.2) is 12.8 Å². The Morgan fingerprint density at radius 2 is 1.81 bits per heavy atom. The number of benzene rings is 2. The van der Waals surface area contributed by atoms with Crippen LogP contribution in [0.5, 0.6) is 5.75 Å². The number of sulfonamides is 1. The zero-order valence-corrected chi connectivity index (χ0v) is 15.8. The molecule has 1 saturated heterocycles. The molecule has 144 valence electrons. The molecule has 0 radical (unpaired) electrons. The molecule has 0 aliphatic carbocycles. The first-order valence-corrected chi connectivity index (χ1v) is 10.2. The molecule has 2 aromatic rings.